The molecule has 124 valence electrons. The van der Waals surface area contributed by atoms with Gasteiger partial charge in [0, 0.05) is 11.8 Å². The maximum atomic E-state index is 13.2. The van der Waals surface area contributed by atoms with Crippen LogP contribution in [0.5, 0.6) is 0 Å². The highest BCUT2D eigenvalue weighted by Gasteiger charge is 2.41. The number of aliphatic imine (C=N–C) groups is 1. The average molecular weight is 314 g/mol. The molecule has 0 amide bonds. The Kier molecular flexibility index (Phi) is 5.65. The second-order valence-electron chi connectivity index (χ2n) is 6.62. The molecule has 2 nitrogen and oxygen atoms in total. The second kappa shape index (κ2) is 6.71. The summed E-state index contributed by atoms with van der Waals surface area (Å²) in [6.07, 6.45) is -0.512. The summed E-state index contributed by atoms with van der Waals surface area (Å²) in [7, 11) is 0. The first kappa shape index (κ1) is 18.5. The molecule has 0 saturated heterocycles. The number of alkyl halides is 3. The van der Waals surface area contributed by atoms with Crippen molar-refractivity contribution in [1.82, 2.24) is 0 Å². The van der Waals surface area contributed by atoms with Gasteiger partial charge in [-0.15, -0.1) is 0 Å². The standard InChI is InChI=1S/C17H25F3N2/c1-6-12(10-21)15(17(18,19)20)22-13-7-8-14(11(2)3)16(4,5)9-13/h6,10,13-14H,1-2,7-9,21H2,3-5H3/t13?,14-/m1/s1. The third kappa shape index (κ3) is 4.24. The van der Waals surface area contributed by atoms with Gasteiger partial charge in [-0.2, -0.15) is 13.2 Å². The smallest absolute Gasteiger partial charge is 0.404 e. The highest BCUT2D eigenvalue weighted by atomic mass is 19.4. The van der Waals surface area contributed by atoms with Crippen LogP contribution in [0, 0.1) is 11.3 Å². The lowest BCUT2D eigenvalue weighted by Gasteiger charge is -2.42. The fourth-order valence-electron chi connectivity index (χ4n) is 3.36. The van der Waals surface area contributed by atoms with Crippen molar-refractivity contribution in [2.45, 2.75) is 52.3 Å². The largest absolute Gasteiger partial charge is 0.433 e. The molecule has 1 saturated carbocycles. The van der Waals surface area contributed by atoms with Crippen LogP contribution in [0.4, 0.5) is 13.2 Å². The number of allylic oxidation sites excluding steroid dienone is 3. The van der Waals surface area contributed by atoms with Crippen LogP contribution in [0.2, 0.25) is 0 Å². The van der Waals surface area contributed by atoms with Gasteiger partial charge >= 0.3 is 6.18 Å². The molecule has 0 radical (unpaired) electrons. The number of hydrogen-bond donors (Lipinski definition) is 1. The van der Waals surface area contributed by atoms with Gasteiger partial charge < -0.3 is 5.73 Å². The summed E-state index contributed by atoms with van der Waals surface area (Å²) in [5.74, 6) is 0.317. The molecule has 1 aliphatic carbocycles. The van der Waals surface area contributed by atoms with Gasteiger partial charge in [-0.25, -0.2) is 0 Å². The first-order valence-electron chi connectivity index (χ1n) is 7.38. The van der Waals surface area contributed by atoms with Crippen LogP contribution in [0.3, 0.4) is 0 Å². The van der Waals surface area contributed by atoms with E-state index in [1.54, 1.807) is 0 Å². The average Bonchev–Trinajstić information content (AvgIpc) is 2.36. The van der Waals surface area contributed by atoms with Crippen molar-refractivity contribution in [2.24, 2.45) is 22.1 Å². The van der Waals surface area contributed by atoms with Crippen molar-refractivity contribution in [3.63, 3.8) is 0 Å². The molecule has 5 heteroatoms. The minimum absolute atomic E-state index is 0.115. The zero-order valence-corrected chi connectivity index (χ0v) is 13.5. The molecule has 0 aromatic carbocycles. The zero-order valence-electron chi connectivity index (χ0n) is 13.5. The predicted molar refractivity (Wildman–Crippen MR) is 85.7 cm³/mol. The van der Waals surface area contributed by atoms with Crippen LogP contribution in [-0.4, -0.2) is 17.9 Å². The van der Waals surface area contributed by atoms with E-state index in [1.807, 2.05) is 6.92 Å². The van der Waals surface area contributed by atoms with Crippen molar-refractivity contribution in [3.8, 4) is 0 Å². The lowest BCUT2D eigenvalue weighted by Crippen LogP contribution is -2.36. The lowest BCUT2D eigenvalue weighted by molar-refractivity contribution is -0.0587. The van der Waals surface area contributed by atoms with Crippen molar-refractivity contribution in [3.05, 3.63) is 36.6 Å². The molecule has 0 heterocycles. The number of nitrogens with two attached hydrogens (primary N) is 1. The summed E-state index contributed by atoms with van der Waals surface area (Å²) in [6, 6.07) is -0.364. The Hall–Kier alpha value is -1.52. The van der Waals surface area contributed by atoms with Gasteiger partial charge in [-0.1, -0.05) is 38.7 Å². The van der Waals surface area contributed by atoms with Gasteiger partial charge in [0.1, 0.15) is 5.71 Å². The first-order valence-corrected chi connectivity index (χ1v) is 7.38. The summed E-state index contributed by atoms with van der Waals surface area (Å²) in [5, 5.41) is 0. The molecule has 0 spiro atoms. The summed E-state index contributed by atoms with van der Waals surface area (Å²) in [5.41, 5.74) is 5.14. The molecule has 0 aromatic heterocycles. The van der Waals surface area contributed by atoms with E-state index in [4.69, 9.17) is 5.73 Å². The van der Waals surface area contributed by atoms with Gasteiger partial charge in [-0.05, 0) is 37.5 Å². The van der Waals surface area contributed by atoms with Crippen LogP contribution in [0.25, 0.3) is 0 Å². The van der Waals surface area contributed by atoms with Crippen LogP contribution < -0.4 is 5.73 Å². The van der Waals surface area contributed by atoms with Crippen LogP contribution in [-0.2, 0) is 0 Å². The molecule has 2 N–H and O–H groups in total. The third-order valence-electron chi connectivity index (χ3n) is 4.34. The van der Waals surface area contributed by atoms with E-state index in [2.05, 4.69) is 32.0 Å². The molecule has 1 unspecified atom stereocenters. The highest BCUT2D eigenvalue weighted by Crippen LogP contribution is 2.45. The Labute approximate surface area is 130 Å². The summed E-state index contributed by atoms with van der Waals surface area (Å²) >= 11 is 0. The number of hydrogen-bond acceptors (Lipinski definition) is 2. The fourth-order valence-corrected chi connectivity index (χ4v) is 3.36. The van der Waals surface area contributed by atoms with Crippen LogP contribution in [0.15, 0.2) is 41.6 Å². The Balaban J connectivity index is 3.09. The Morgan fingerprint density at radius 3 is 2.27 bits per heavy atom. The third-order valence-corrected chi connectivity index (χ3v) is 4.34. The predicted octanol–water partition coefficient (Wildman–Crippen LogP) is 4.79. The monoisotopic (exact) mass is 314 g/mol. The zero-order chi connectivity index (χ0) is 17.1. The minimum Gasteiger partial charge on any atom is -0.404 e. The topological polar surface area (TPSA) is 38.4 Å². The SMILES string of the molecule is C=CC(=CN)C(=NC1CC[C@H](C(=C)C)C(C)(C)C1)C(F)(F)F. The van der Waals surface area contributed by atoms with Crippen LogP contribution in [0.1, 0.15) is 40.0 Å². The van der Waals surface area contributed by atoms with Crippen molar-refractivity contribution >= 4 is 5.71 Å². The molecule has 22 heavy (non-hydrogen) atoms. The normalized spacial score (nSPS) is 26.6. The quantitative estimate of drug-likeness (QED) is 0.452. The Bertz CT molecular complexity index is 499. The van der Waals surface area contributed by atoms with E-state index in [0.717, 1.165) is 24.3 Å². The lowest BCUT2D eigenvalue weighted by atomic mass is 9.65. The maximum absolute atomic E-state index is 13.2. The maximum Gasteiger partial charge on any atom is 0.433 e. The van der Waals surface area contributed by atoms with Gasteiger partial charge in [0.2, 0.25) is 0 Å². The molecule has 0 bridgehead atoms. The van der Waals surface area contributed by atoms with Crippen molar-refractivity contribution in [1.29, 1.82) is 0 Å². The molecule has 0 aromatic rings. The molecule has 1 aliphatic rings. The van der Waals surface area contributed by atoms with E-state index in [9.17, 15) is 13.2 Å². The van der Waals surface area contributed by atoms with E-state index in [-0.39, 0.29) is 17.0 Å². The van der Waals surface area contributed by atoms with E-state index >= 15 is 0 Å². The number of rotatable bonds is 4. The van der Waals surface area contributed by atoms with E-state index in [1.165, 1.54) is 0 Å². The molecule has 1 rings (SSSR count). The van der Waals surface area contributed by atoms with Gasteiger partial charge in [0.05, 0.1) is 6.04 Å². The summed E-state index contributed by atoms with van der Waals surface area (Å²) in [6.45, 7) is 13.5. The Morgan fingerprint density at radius 2 is 1.91 bits per heavy atom. The summed E-state index contributed by atoms with van der Waals surface area (Å²) in [4.78, 5) is 3.98. The molecule has 1 fully saturated rings. The second-order valence-corrected chi connectivity index (χ2v) is 6.62. The van der Waals surface area contributed by atoms with Crippen LogP contribution >= 0.6 is 0 Å². The molecular formula is C17H25F3N2. The fraction of sp³-hybridized carbons (Fsp3) is 0.588. The van der Waals surface area contributed by atoms with Gasteiger partial charge in [0.15, 0.2) is 0 Å². The van der Waals surface area contributed by atoms with Crippen molar-refractivity contribution in [2.75, 3.05) is 0 Å². The first-order chi connectivity index (χ1) is 10.0. The van der Waals surface area contributed by atoms with E-state index < -0.39 is 11.9 Å². The molecule has 2 atom stereocenters. The van der Waals surface area contributed by atoms with Gasteiger partial charge in [0.25, 0.3) is 0 Å². The summed E-state index contributed by atoms with van der Waals surface area (Å²) < 4.78 is 39.6. The highest BCUT2D eigenvalue weighted by molar-refractivity contribution is 6.06. The van der Waals surface area contributed by atoms with Crippen molar-refractivity contribution < 1.29 is 13.2 Å². The minimum atomic E-state index is -4.53. The Morgan fingerprint density at radius 1 is 1.32 bits per heavy atom. The van der Waals surface area contributed by atoms with Gasteiger partial charge in [-0.3, -0.25) is 4.99 Å². The number of halogens is 3. The molecular weight excluding hydrogens is 289 g/mol. The molecule has 0 aliphatic heterocycles. The van der Waals surface area contributed by atoms with E-state index in [0.29, 0.717) is 18.8 Å². The number of nitrogens with zero attached hydrogens (tertiary/aromatic N) is 1.